The molecule has 0 aliphatic rings. The lowest BCUT2D eigenvalue weighted by atomic mass is 10.1. The Balaban J connectivity index is 2.57. The topological polar surface area (TPSA) is 17.1 Å². The number of unbranched alkanes of at least 4 members (excludes halogenated alkanes) is 1. The van der Waals surface area contributed by atoms with Gasteiger partial charge in [-0.2, -0.15) is 0 Å². The van der Waals surface area contributed by atoms with Crippen LogP contribution in [0.4, 0.5) is 0 Å². The Labute approximate surface area is 89.5 Å². The van der Waals surface area contributed by atoms with Crippen molar-refractivity contribution in [3.05, 3.63) is 28.0 Å². The van der Waals surface area contributed by atoms with E-state index in [2.05, 4.69) is 24.4 Å². The molecule has 0 saturated carbocycles. The summed E-state index contributed by atoms with van der Waals surface area (Å²) < 4.78 is 0. The van der Waals surface area contributed by atoms with Crippen LogP contribution in [0.3, 0.4) is 0 Å². The van der Waals surface area contributed by atoms with Crippen molar-refractivity contribution in [3.63, 3.8) is 0 Å². The summed E-state index contributed by atoms with van der Waals surface area (Å²) in [5, 5.41) is 2.12. The summed E-state index contributed by atoms with van der Waals surface area (Å²) in [6.07, 6.45) is 9.05. The predicted molar refractivity (Wildman–Crippen MR) is 62.6 cm³/mol. The molecule has 76 valence electrons. The summed E-state index contributed by atoms with van der Waals surface area (Å²) in [7, 11) is 0. The van der Waals surface area contributed by atoms with Gasteiger partial charge in [0, 0.05) is 11.3 Å². The maximum atomic E-state index is 10.1. The third-order valence-corrected chi connectivity index (χ3v) is 3.01. The van der Waals surface area contributed by atoms with E-state index in [9.17, 15) is 4.79 Å². The van der Waals surface area contributed by atoms with Crippen molar-refractivity contribution < 1.29 is 4.79 Å². The molecule has 0 amide bonds. The van der Waals surface area contributed by atoms with Crippen LogP contribution < -0.4 is 0 Å². The number of rotatable bonds is 6. The highest BCUT2D eigenvalue weighted by Crippen LogP contribution is 2.20. The molecule has 1 rings (SSSR count). The zero-order valence-corrected chi connectivity index (χ0v) is 9.35. The van der Waals surface area contributed by atoms with Gasteiger partial charge in [0.25, 0.3) is 0 Å². The minimum Gasteiger partial charge on any atom is -0.303 e. The number of hydrogen-bond acceptors (Lipinski definition) is 2. The Kier molecular flexibility index (Phi) is 5.23. The first kappa shape index (κ1) is 11.2. The Bertz CT molecular complexity index is 299. The van der Waals surface area contributed by atoms with Gasteiger partial charge in [-0.3, -0.25) is 0 Å². The number of allylic oxidation sites excluding steroid dienone is 1. The van der Waals surface area contributed by atoms with E-state index in [0.717, 1.165) is 12.7 Å². The zero-order valence-electron chi connectivity index (χ0n) is 8.53. The van der Waals surface area contributed by atoms with E-state index in [1.165, 1.54) is 23.3 Å². The van der Waals surface area contributed by atoms with Gasteiger partial charge >= 0.3 is 0 Å². The average molecular weight is 208 g/mol. The fraction of sp³-hybridized carbons (Fsp3) is 0.417. The number of aldehydes is 1. The van der Waals surface area contributed by atoms with Gasteiger partial charge in [-0.05, 0) is 35.9 Å². The average Bonchev–Trinajstić information content (AvgIpc) is 2.63. The molecular weight excluding hydrogens is 192 g/mol. The van der Waals surface area contributed by atoms with E-state index >= 15 is 0 Å². The van der Waals surface area contributed by atoms with E-state index in [1.54, 1.807) is 11.3 Å². The maximum absolute atomic E-state index is 10.1. The smallest absolute Gasteiger partial charge is 0.123 e. The van der Waals surface area contributed by atoms with E-state index in [-0.39, 0.29) is 0 Å². The van der Waals surface area contributed by atoms with E-state index in [1.807, 2.05) is 6.08 Å². The first-order valence-electron chi connectivity index (χ1n) is 5.05. The fourth-order valence-electron chi connectivity index (χ4n) is 1.30. The Morgan fingerprint density at radius 1 is 1.50 bits per heavy atom. The van der Waals surface area contributed by atoms with Gasteiger partial charge in [0.05, 0.1) is 0 Å². The normalized spacial score (nSPS) is 10.9. The molecule has 1 nitrogen and oxygen atoms in total. The molecular formula is C12H16OS. The zero-order chi connectivity index (χ0) is 10.2. The van der Waals surface area contributed by atoms with Crippen LogP contribution in [0, 0.1) is 0 Å². The summed E-state index contributed by atoms with van der Waals surface area (Å²) >= 11 is 1.75. The lowest BCUT2D eigenvalue weighted by Gasteiger charge is -1.97. The molecule has 1 aromatic heterocycles. The highest BCUT2D eigenvalue weighted by molar-refractivity contribution is 7.11. The van der Waals surface area contributed by atoms with Crippen LogP contribution in [0.15, 0.2) is 17.5 Å². The van der Waals surface area contributed by atoms with Crippen molar-refractivity contribution in [3.8, 4) is 0 Å². The molecule has 0 N–H and O–H groups in total. The van der Waals surface area contributed by atoms with Crippen LogP contribution in [-0.2, 0) is 11.2 Å². The third-order valence-electron chi connectivity index (χ3n) is 2.08. The highest BCUT2D eigenvalue weighted by Gasteiger charge is 1.99. The van der Waals surface area contributed by atoms with Crippen LogP contribution >= 0.6 is 11.3 Å². The highest BCUT2D eigenvalue weighted by atomic mass is 32.1. The Hall–Kier alpha value is -0.890. The number of carbonyl (C=O) groups is 1. The van der Waals surface area contributed by atoms with Crippen molar-refractivity contribution in [2.45, 2.75) is 32.6 Å². The van der Waals surface area contributed by atoms with Crippen LogP contribution in [-0.4, -0.2) is 6.29 Å². The van der Waals surface area contributed by atoms with Crippen molar-refractivity contribution in [2.24, 2.45) is 0 Å². The minimum absolute atomic E-state index is 0.519. The molecule has 1 aromatic rings. The number of aryl methyl sites for hydroxylation is 1. The monoisotopic (exact) mass is 208 g/mol. The molecule has 0 aromatic carbocycles. The molecule has 0 aliphatic carbocycles. The Morgan fingerprint density at radius 2 is 2.36 bits per heavy atom. The predicted octanol–water partition coefficient (Wildman–Crippen LogP) is 3.69. The molecule has 0 aliphatic heterocycles. The molecule has 2 heteroatoms. The second kappa shape index (κ2) is 6.55. The van der Waals surface area contributed by atoms with E-state index in [4.69, 9.17) is 0 Å². The summed E-state index contributed by atoms with van der Waals surface area (Å²) in [6, 6.07) is 2.18. The second-order valence-corrected chi connectivity index (χ2v) is 4.17. The molecule has 0 fully saturated rings. The van der Waals surface area contributed by atoms with Crippen LogP contribution in [0.2, 0.25) is 0 Å². The fourth-order valence-corrected chi connectivity index (χ4v) is 2.17. The summed E-state index contributed by atoms with van der Waals surface area (Å²) in [6.45, 7) is 2.20. The second-order valence-electron chi connectivity index (χ2n) is 3.22. The number of thiophene rings is 1. The minimum atomic E-state index is 0.519. The van der Waals surface area contributed by atoms with Gasteiger partial charge in [-0.25, -0.2) is 0 Å². The van der Waals surface area contributed by atoms with Gasteiger partial charge in [-0.1, -0.05) is 19.4 Å². The quantitative estimate of drug-likeness (QED) is 0.652. The van der Waals surface area contributed by atoms with Crippen LogP contribution in [0.25, 0.3) is 6.08 Å². The van der Waals surface area contributed by atoms with Gasteiger partial charge in [-0.15, -0.1) is 11.3 Å². The molecule has 0 unspecified atom stereocenters. The lowest BCUT2D eigenvalue weighted by Crippen LogP contribution is -1.83. The third kappa shape index (κ3) is 3.46. The van der Waals surface area contributed by atoms with Crippen molar-refractivity contribution in [2.75, 3.05) is 0 Å². The molecule has 0 spiro atoms. The number of carbonyl (C=O) groups excluding carboxylic acids is 1. The molecule has 0 radical (unpaired) electrons. The van der Waals surface area contributed by atoms with Crippen molar-refractivity contribution in [1.82, 2.24) is 0 Å². The molecule has 1 heterocycles. The van der Waals surface area contributed by atoms with E-state index < -0.39 is 0 Å². The molecule has 0 atom stereocenters. The van der Waals surface area contributed by atoms with E-state index in [0.29, 0.717) is 6.42 Å². The largest absolute Gasteiger partial charge is 0.303 e. The molecule has 0 saturated heterocycles. The summed E-state index contributed by atoms with van der Waals surface area (Å²) in [4.78, 5) is 11.4. The maximum Gasteiger partial charge on any atom is 0.123 e. The lowest BCUT2D eigenvalue weighted by molar-refractivity contribution is -0.107. The summed E-state index contributed by atoms with van der Waals surface area (Å²) in [5.74, 6) is 0. The van der Waals surface area contributed by atoms with Crippen LogP contribution in [0.5, 0.6) is 0 Å². The molecule has 14 heavy (non-hydrogen) atoms. The van der Waals surface area contributed by atoms with Gasteiger partial charge in [0.2, 0.25) is 0 Å². The number of hydrogen-bond donors (Lipinski definition) is 0. The SMILES string of the molecule is CCCCc1ccsc1C=CCC=O. The first-order chi connectivity index (χ1) is 6.88. The first-order valence-corrected chi connectivity index (χ1v) is 5.93. The van der Waals surface area contributed by atoms with Gasteiger partial charge in [0.1, 0.15) is 6.29 Å². The van der Waals surface area contributed by atoms with Gasteiger partial charge in [0.15, 0.2) is 0 Å². The van der Waals surface area contributed by atoms with Crippen LogP contribution in [0.1, 0.15) is 36.6 Å². The van der Waals surface area contributed by atoms with Crippen molar-refractivity contribution in [1.29, 1.82) is 0 Å². The van der Waals surface area contributed by atoms with Crippen molar-refractivity contribution >= 4 is 23.7 Å². The standard InChI is InChI=1S/C12H16OS/c1-2-3-6-11-8-10-14-12(11)7-4-5-9-13/h4,7-10H,2-3,5-6H2,1H3. The Morgan fingerprint density at radius 3 is 3.07 bits per heavy atom. The summed E-state index contributed by atoms with van der Waals surface area (Å²) in [5.41, 5.74) is 1.42. The molecule has 0 bridgehead atoms. The van der Waals surface area contributed by atoms with Gasteiger partial charge < -0.3 is 4.79 Å².